The van der Waals surface area contributed by atoms with Crippen LogP contribution in [0.1, 0.15) is 67.7 Å². The molecular formula is C25H42O6. The Kier molecular flexibility index (Phi) is 8.91. The molecule has 2 rings (SSSR count). The smallest absolute Gasteiger partial charge is 0.305 e. The van der Waals surface area contributed by atoms with Gasteiger partial charge < -0.3 is 24.8 Å². The van der Waals surface area contributed by atoms with E-state index >= 15 is 0 Å². The molecular weight excluding hydrogens is 396 g/mol. The summed E-state index contributed by atoms with van der Waals surface area (Å²) < 4.78 is 12.1. The molecule has 0 amide bonds. The fourth-order valence-electron chi connectivity index (χ4n) is 5.36. The number of aliphatic hydroxyl groups is 2. The maximum atomic E-state index is 11.0. The van der Waals surface area contributed by atoms with E-state index in [1.54, 1.807) is 0 Å². The summed E-state index contributed by atoms with van der Waals surface area (Å²) in [6, 6.07) is 0. The van der Waals surface area contributed by atoms with Crippen molar-refractivity contribution in [3.63, 3.8) is 0 Å². The van der Waals surface area contributed by atoms with Gasteiger partial charge in [0.05, 0.1) is 43.0 Å². The summed E-state index contributed by atoms with van der Waals surface area (Å²) in [6.45, 7) is 14.5. The molecule has 0 spiro atoms. The Labute approximate surface area is 187 Å². The molecule has 2 heterocycles. The van der Waals surface area contributed by atoms with Crippen LogP contribution in [0.4, 0.5) is 0 Å². The fourth-order valence-corrected chi connectivity index (χ4v) is 5.36. The first-order valence-corrected chi connectivity index (χ1v) is 11.6. The van der Waals surface area contributed by atoms with E-state index in [1.807, 2.05) is 32.9 Å². The number of carboxylic acids is 1. The molecule has 0 aliphatic carbocycles. The zero-order chi connectivity index (χ0) is 23.5. The van der Waals surface area contributed by atoms with E-state index in [4.69, 9.17) is 14.6 Å². The highest BCUT2D eigenvalue weighted by molar-refractivity contribution is 5.67. The quantitative estimate of drug-likeness (QED) is 0.497. The zero-order valence-electron chi connectivity index (χ0n) is 20.1. The number of ether oxygens (including phenoxy) is 2. The Balaban J connectivity index is 1.98. The number of hydrogen-bond acceptors (Lipinski definition) is 5. The van der Waals surface area contributed by atoms with Gasteiger partial charge in [-0.15, -0.1) is 0 Å². The highest BCUT2D eigenvalue weighted by atomic mass is 16.5. The molecule has 0 bridgehead atoms. The average molecular weight is 439 g/mol. The molecule has 1 unspecified atom stereocenters. The normalized spacial score (nSPS) is 38.5. The summed E-state index contributed by atoms with van der Waals surface area (Å²) in [5.41, 5.74) is 0.914. The summed E-state index contributed by atoms with van der Waals surface area (Å²) in [6.07, 6.45) is 5.52. The summed E-state index contributed by atoms with van der Waals surface area (Å²) in [5, 5.41) is 29.6. The lowest BCUT2D eigenvalue weighted by Gasteiger charge is -2.38. The Morgan fingerprint density at radius 3 is 2.35 bits per heavy atom. The molecule has 6 heteroatoms. The number of carboxylic acid groups (broad SMARTS) is 1. The third-order valence-corrected chi connectivity index (χ3v) is 7.05. The summed E-state index contributed by atoms with van der Waals surface area (Å²) >= 11 is 0. The van der Waals surface area contributed by atoms with Gasteiger partial charge in [0, 0.05) is 18.3 Å². The number of allylic oxidation sites excluding steroid dienone is 3. The van der Waals surface area contributed by atoms with Crippen LogP contribution in [0.2, 0.25) is 0 Å². The van der Waals surface area contributed by atoms with Crippen LogP contribution < -0.4 is 0 Å². The van der Waals surface area contributed by atoms with E-state index in [2.05, 4.69) is 33.8 Å². The molecule has 0 aromatic rings. The zero-order valence-corrected chi connectivity index (χ0v) is 20.1. The van der Waals surface area contributed by atoms with Crippen LogP contribution in [0.15, 0.2) is 23.8 Å². The Morgan fingerprint density at radius 2 is 1.81 bits per heavy atom. The summed E-state index contributed by atoms with van der Waals surface area (Å²) in [5.74, 6) is -0.567. The Hall–Kier alpha value is -1.21. The van der Waals surface area contributed by atoms with Crippen molar-refractivity contribution >= 4 is 5.97 Å². The summed E-state index contributed by atoms with van der Waals surface area (Å²) in [7, 11) is 0. The minimum absolute atomic E-state index is 0.0229. The van der Waals surface area contributed by atoms with E-state index < -0.39 is 24.3 Å². The largest absolute Gasteiger partial charge is 0.481 e. The number of aliphatic carboxylic acids is 1. The number of aliphatic hydroxyl groups excluding tert-OH is 2. The van der Waals surface area contributed by atoms with Crippen LogP contribution in [-0.4, -0.2) is 57.9 Å². The molecule has 0 radical (unpaired) electrons. The third-order valence-electron chi connectivity index (χ3n) is 7.05. The molecule has 9 atom stereocenters. The van der Waals surface area contributed by atoms with Crippen LogP contribution in [0, 0.1) is 23.2 Å². The van der Waals surface area contributed by atoms with E-state index in [0.717, 1.165) is 12.0 Å². The minimum atomic E-state index is -0.911. The highest BCUT2D eigenvalue weighted by Crippen LogP contribution is 2.42. The molecule has 2 aliphatic rings. The number of hydrogen-bond donors (Lipinski definition) is 3. The van der Waals surface area contributed by atoms with Crippen molar-refractivity contribution in [1.82, 2.24) is 0 Å². The van der Waals surface area contributed by atoms with Crippen LogP contribution in [0.5, 0.6) is 0 Å². The van der Waals surface area contributed by atoms with Crippen LogP contribution in [0.3, 0.4) is 0 Å². The van der Waals surface area contributed by atoms with Crippen LogP contribution >= 0.6 is 0 Å². The van der Waals surface area contributed by atoms with Gasteiger partial charge >= 0.3 is 5.97 Å². The molecule has 0 aromatic heterocycles. The molecule has 2 fully saturated rings. The van der Waals surface area contributed by atoms with Gasteiger partial charge in [0.2, 0.25) is 0 Å². The van der Waals surface area contributed by atoms with Crippen molar-refractivity contribution in [2.75, 3.05) is 0 Å². The Bertz CT molecular complexity index is 669. The van der Waals surface area contributed by atoms with Gasteiger partial charge in [-0.25, -0.2) is 0 Å². The van der Waals surface area contributed by atoms with Gasteiger partial charge in [0.25, 0.3) is 0 Å². The second kappa shape index (κ2) is 10.6. The molecule has 6 nitrogen and oxygen atoms in total. The highest BCUT2D eigenvalue weighted by Gasteiger charge is 2.46. The van der Waals surface area contributed by atoms with E-state index in [9.17, 15) is 15.0 Å². The van der Waals surface area contributed by atoms with Gasteiger partial charge in [-0.3, -0.25) is 4.79 Å². The predicted octanol–water partition coefficient (Wildman–Crippen LogP) is 3.95. The lowest BCUT2D eigenvalue weighted by atomic mass is 9.74. The number of carbonyl (C=O) groups is 1. The first-order valence-electron chi connectivity index (χ1n) is 11.6. The molecule has 31 heavy (non-hydrogen) atoms. The second-order valence-corrected chi connectivity index (χ2v) is 10.5. The van der Waals surface area contributed by atoms with Crippen molar-refractivity contribution in [3.05, 3.63) is 23.8 Å². The van der Waals surface area contributed by atoms with Crippen molar-refractivity contribution in [3.8, 4) is 0 Å². The topological polar surface area (TPSA) is 96.2 Å². The van der Waals surface area contributed by atoms with E-state index in [0.29, 0.717) is 12.3 Å². The van der Waals surface area contributed by atoms with Gasteiger partial charge in [-0.05, 0) is 37.2 Å². The first kappa shape index (κ1) is 26.0. The van der Waals surface area contributed by atoms with Crippen molar-refractivity contribution in [2.45, 2.75) is 104 Å². The Morgan fingerprint density at radius 1 is 1.16 bits per heavy atom. The molecule has 2 saturated heterocycles. The third kappa shape index (κ3) is 6.64. The molecule has 3 N–H and O–H groups in total. The minimum Gasteiger partial charge on any atom is -0.481 e. The molecule has 0 aromatic carbocycles. The number of rotatable bonds is 8. The van der Waals surface area contributed by atoms with Gasteiger partial charge in [-0.2, -0.15) is 0 Å². The lowest BCUT2D eigenvalue weighted by molar-refractivity contribution is -0.150. The van der Waals surface area contributed by atoms with Crippen LogP contribution in [-0.2, 0) is 14.3 Å². The van der Waals surface area contributed by atoms with Crippen molar-refractivity contribution < 1.29 is 29.6 Å². The van der Waals surface area contributed by atoms with Crippen LogP contribution in [0.25, 0.3) is 0 Å². The predicted molar refractivity (Wildman–Crippen MR) is 121 cm³/mol. The molecule has 178 valence electrons. The molecule has 0 saturated carbocycles. The van der Waals surface area contributed by atoms with E-state index in [-0.39, 0.29) is 42.0 Å². The lowest BCUT2D eigenvalue weighted by Crippen LogP contribution is -2.44. The van der Waals surface area contributed by atoms with Gasteiger partial charge in [0.15, 0.2) is 0 Å². The first-order chi connectivity index (χ1) is 14.3. The van der Waals surface area contributed by atoms with Crippen molar-refractivity contribution in [1.29, 1.82) is 0 Å². The second-order valence-electron chi connectivity index (χ2n) is 10.5. The van der Waals surface area contributed by atoms with Gasteiger partial charge in [0.1, 0.15) is 0 Å². The average Bonchev–Trinajstić information content (AvgIpc) is 2.91. The maximum absolute atomic E-state index is 11.0. The SMILES string of the molecule is C/C(=C\C=C\[C@@H](C)CC(C)(C)C1O[C@H](C)[C@H](O)[C@H]1C)[C@H]1O[C@@H](CC(=O)O)C[C@@H](O)[C@@H]1C. The monoisotopic (exact) mass is 438 g/mol. The standard InChI is InChI=1S/C25H42O6/c1-14(13-25(6,7)24-17(4)22(29)18(5)30-24)9-8-10-15(2)23-16(3)20(26)11-19(31-23)12-21(27)28/h8-10,14,16-20,22-24,26,29H,11-13H2,1-7H3,(H,27,28)/b9-8+,15-10+/t14-,16+,17-,18-,19-,20-,22-,23-,24?/m1/s1. The van der Waals surface area contributed by atoms with Gasteiger partial charge in [-0.1, -0.05) is 52.8 Å². The maximum Gasteiger partial charge on any atom is 0.305 e. The van der Waals surface area contributed by atoms with Crippen molar-refractivity contribution in [2.24, 2.45) is 23.2 Å². The van der Waals surface area contributed by atoms with E-state index in [1.165, 1.54) is 0 Å². The molecule has 2 aliphatic heterocycles. The summed E-state index contributed by atoms with van der Waals surface area (Å²) in [4.78, 5) is 11.0. The fraction of sp³-hybridized carbons (Fsp3) is 0.800.